The minimum absolute atomic E-state index is 0.648. The zero-order valence-electron chi connectivity index (χ0n) is 10.6. The third-order valence-electron chi connectivity index (χ3n) is 2.30. The normalized spacial score (nSPS) is 14.0. The molecule has 0 saturated carbocycles. The van der Waals surface area contributed by atoms with Crippen molar-refractivity contribution in [1.82, 2.24) is 0 Å². The lowest BCUT2D eigenvalue weighted by Crippen LogP contribution is -1.87. The molecule has 0 aliphatic carbocycles. The first kappa shape index (κ1) is 14.0. The van der Waals surface area contributed by atoms with Crippen molar-refractivity contribution in [3.05, 3.63) is 48.1 Å². The van der Waals surface area contributed by atoms with Crippen molar-refractivity contribution in [2.24, 2.45) is 5.92 Å². The van der Waals surface area contributed by atoms with Crippen LogP contribution in [-0.4, -0.2) is 0 Å². The van der Waals surface area contributed by atoms with Crippen molar-refractivity contribution < 1.29 is 0 Å². The van der Waals surface area contributed by atoms with E-state index in [2.05, 4.69) is 58.6 Å². The largest absolute Gasteiger partial charge is 0.0988 e. The van der Waals surface area contributed by atoms with Gasteiger partial charge in [0.15, 0.2) is 0 Å². The number of allylic oxidation sites excluding steroid dienone is 7. The molecule has 0 fully saturated rings. The Morgan fingerprint density at radius 2 is 1.93 bits per heavy atom. The van der Waals surface area contributed by atoms with E-state index < -0.39 is 0 Å². The van der Waals surface area contributed by atoms with Crippen LogP contribution in [0.2, 0.25) is 0 Å². The van der Waals surface area contributed by atoms with Crippen LogP contribution in [0, 0.1) is 5.92 Å². The molecule has 0 aliphatic heterocycles. The van der Waals surface area contributed by atoms with Crippen LogP contribution in [0.15, 0.2) is 48.1 Å². The molecule has 0 heterocycles. The molecule has 1 unspecified atom stereocenters. The molecule has 0 radical (unpaired) electrons. The number of hydrogen-bond acceptors (Lipinski definition) is 0. The first-order valence-electron chi connectivity index (χ1n) is 5.67. The van der Waals surface area contributed by atoms with Crippen molar-refractivity contribution >= 4 is 0 Å². The fraction of sp³-hybridized carbons (Fsp3) is 0.467. The molecule has 0 spiro atoms. The van der Waals surface area contributed by atoms with E-state index in [-0.39, 0.29) is 0 Å². The Kier molecular flexibility index (Phi) is 7.71. The minimum atomic E-state index is 0.648. The smallest absolute Gasteiger partial charge is 0.0256 e. The average molecular weight is 204 g/mol. The van der Waals surface area contributed by atoms with E-state index >= 15 is 0 Å². The molecule has 0 heteroatoms. The molecule has 0 bridgehead atoms. The monoisotopic (exact) mass is 204 g/mol. The second-order valence-corrected chi connectivity index (χ2v) is 4.34. The van der Waals surface area contributed by atoms with Gasteiger partial charge in [0.2, 0.25) is 0 Å². The van der Waals surface area contributed by atoms with Crippen molar-refractivity contribution in [2.75, 3.05) is 0 Å². The minimum Gasteiger partial charge on any atom is -0.0988 e. The van der Waals surface area contributed by atoms with E-state index in [9.17, 15) is 0 Å². The molecule has 0 aromatic heterocycles. The molecule has 1 atom stereocenters. The third-order valence-corrected chi connectivity index (χ3v) is 2.30. The van der Waals surface area contributed by atoms with Gasteiger partial charge in [0.25, 0.3) is 0 Å². The highest BCUT2D eigenvalue weighted by Gasteiger charge is 1.93. The lowest BCUT2D eigenvalue weighted by Gasteiger charge is -2.02. The molecule has 0 aromatic carbocycles. The quantitative estimate of drug-likeness (QED) is 0.419. The fourth-order valence-corrected chi connectivity index (χ4v) is 1.20. The van der Waals surface area contributed by atoms with Crippen LogP contribution in [-0.2, 0) is 0 Å². The first-order chi connectivity index (χ1) is 7.06. The first-order valence-corrected chi connectivity index (χ1v) is 5.67. The molecular weight excluding hydrogens is 180 g/mol. The maximum atomic E-state index is 3.72. The van der Waals surface area contributed by atoms with Crippen LogP contribution >= 0.6 is 0 Å². The summed E-state index contributed by atoms with van der Waals surface area (Å²) in [5.41, 5.74) is 2.62. The standard InChI is InChI=1S/C15H24/c1-6-14(4)10-8-12-15(5)11-7-9-13(2)3/h6,8-10,12,15H,1,7,11H2,2-5H3. The molecule has 84 valence electrons. The molecule has 0 N–H and O–H groups in total. The summed E-state index contributed by atoms with van der Waals surface area (Å²) in [6.07, 6.45) is 13.1. The molecule has 0 saturated heterocycles. The van der Waals surface area contributed by atoms with Crippen molar-refractivity contribution in [2.45, 2.75) is 40.5 Å². The third kappa shape index (κ3) is 9.27. The van der Waals surface area contributed by atoms with Crippen molar-refractivity contribution in [1.29, 1.82) is 0 Å². The van der Waals surface area contributed by atoms with Crippen molar-refractivity contribution in [3.63, 3.8) is 0 Å². The summed E-state index contributed by atoms with van der Waals surface area (Å²) in [4.78, 5) is 0. The summed E-state index contributed by atoms with van der Waals surface area (Å²) in [5.74, 6) is 0.648. The highest BCUT2D eigenvalue weighted by Crippen LogP contribution is 2.09. The molecule has 0 rings (SSSR count). The second-order valence-electron chi connectivity index (χ2n) is 4.34. The van der Waals surface area contributed by atoms with Gasteiger partial charge in [-0.05, 0) is 39.5 Å². The Balaban J connectivity index is 3.88. The van der Waals surface area contributed by atoms with Crippen LogP contribution in [0.3, 0.4) is 0 Å². The van der Waals surface area contributed by atoms with E-state index in [1.54, 1.807) is 0 Å². The Morgan fingerprint density at radius 1 is 1.27 bits per heavy atom. The summed E-state index contributed by atoms with van der Waals surface area (Å²) in [6.45, 7) is 12.3. The average Bonchev–Trinajstić information content (AvgIpc) is 2.17. The van der Waals surface area contributed by atoms with E-state index in [1.165, 1.54) is 24.0 Å². The van der Waals surface area contributed by atoms with Gasteiger partial charge in [0.05, 0.1) is 0 Å². The van der Waals surface area contributed by atoms with E-state index in [1.807, 2.05) is 6.08 Å². The summed E-state index contributed by atoms with van der Waals surface area (Å²) >= 11 is 0. The zero-order valence-corrected chi connectivity index (χ0v) is 10.6. The SMILES string of the molecule is C=CC(C)=CC=CC(C)CCC=C(C)C. The van der Waals surface area contributed by atoms with Gasteiger partial charge in [0.1, 0.15) is 0 Å². The van der Waals surface area contributed by atoms with Gasteiger partial charge in [-0.15, -0.1) is 0 Å². The van der Waals surface area contributed by atoms with Crippen LogP contribution in [0.4, 0.5) is 0 Å². The van der Waals surface area contributed by atoms with Crippen LogP contribution < -0.4 is 0 Å². The van der Waals surface area contributed by atoms with Gasteiger partial charge in [0, 0.05) is 0 Å². The molecule has 0 amide bonds. The van der Waals surface area contributed by atoms with Gasteiger partial charge in [-0.1, -0.05) is 55.0 Å². The van der Waals surface area contributed by atoms with E-state index in [0.29, 0.717) is 5.92 Å². The molecule has 15 heavy (non-hydrogen) atoms. The summed E-state index contributed by atoms with van der Waals surface area (Å²) in [5, 5.41) is 0. The van der Waals surface area contributed by atoms with Crippen LogP contribution in [0.25, 0.3) is 0 Å². The Hall–Kier alpha value is -1.04. The lowest BCUT2D eigenvalue weighted by atomic mass is 10.0. The van der Waals surface area contributed by atoms with Gasteiger partial charge in [-0.25, -0.2) is 0 Å². The molecular formula is C15H24. The molecule has 0 aliphatic rings. The summed E-state index contributed by atoms with van der Waals surface area (Å²) < 4.78 is 0. The highest BCUT2D eigenvalue weighted by molar-refractivity contribution is 5.19. The van der Waals surface area contributed by atoms with Crippen LogP contribution in [0.1, 0.15) is 40.5 Å². The molecule has 0 nitrogen and oxygen atoms in total. The van der Waals surface area contributed by atoms with E-state index in [4.69, 9.17) is 0 Å². The Bertz CT molecular complexity index is 260. The Labute approximate surface area is 95.1 Å². The maximum Gasteiger partial charge on any atom is -0.0256 e. The van der Waals surface area contributed by atoms with E-state index in [0.717, 1.165) is 0 Å². The number of rotatable bonds is 6. The van der Waals surface area contributed by atoms with Crippen molar-refractivity contribution in [3.8, 4) is 0 Å². The predicted octanol–water partition coefficient (Wildman–Crippen LogP) is 5.06. The maximum absolute atomic E-state index is 3.72. The molecule has 0 aromatic rings. The lowest BCUT2D eigenvalue weighted by molar-refractivity contribution is 0.656. The van der Waals surface area contributed by atoms with Gasteiger partial charge in [-0.3, -0.25) is 0 Å². The van der Waals surface area contributed by atoms with Gasteiger partial charge in [-0.2, -0.15) is 0 Å². The van der Waals surface area contributed by atoms with Gasteiger partial charge >= 0.3 is 0 Å². The number of hydrogen-bond donors (Lipinski definition) is 0. The highest BCUT2D eigenvalue weighted by atomic mass is 14.0. The van der Waals surface area contributed by atoms with Crippen LogP contribution in [0.5, 0.6) is 0 Å². The fourth-order valence-electron chi connectivity index (χ4n) is 1.20. The topological polar surface area (TPSA) is 0 Å². The summed E-state index contributed by atoms with van der Waals surface area (Å²) in [7, 11) is 0. The zero-order chi connectivity index (χ0) is 11.7. The Morgan fingerprint density at radius 3 is 2.47 bits per heavy atom. The summed E-state index contributed by atoms with van der Waals surface area (Å²) in [6, 6.07) is 0. The van der Waals surface area contributed by atoms with Gasteiger partial charge < -0.3 is 0 Å². The second kappa shape index (κ2) is 8.28. The predicted molar refractivity (Wildman–Crippen MR) is 70.9 cm³/mol.